The highest BCUT2D eigenvalue weighted by Crippen LogP contribution is 2.42. The Morgan fingerprint density at radius 2 is 2.04 bits per heavy atom. The lowest BCUT2D eigenvalue weighted by Crippen LogP contribution is -2.20. The Kier molecular flexibility index (Phi) is 5.22. The molecule has 1 N–H and O–H groups in total. The summed E-state index contributed by atoms with van der Waals surface area (Å²) in [5.74, 6) is 1.04. The first kappa shape index (κ1) is 18.3. The van der Waals surface area contributed by atoms with Gasteiger partial charge in [0.15, 0.2) is 18.1 Å². The first-order valence-electron chi connectivity index (χ1n) is 8.02. The van der Waals surface area contributed by atoms with Crippen molar-refractivity contribution in [3.63, 3.8) is 0 Å². The molecule has 2 heterocycles. The maximum Gasteiger partial charge on any atom is 0.422 e. The number of nitrogens with one attached hydrogen (secondary N) is 1. The van der Waals surface area contributed by atoms with Crippen molar-refractivity contribution < 1.29 is 27.4 Å². The van der Waals surface area contributed by atoms with E-state index < -0.39 is 12.8 Å². The number of alkyl halides is 3. The zero-order chi connectivity index (χ0) is 18.7. The van der Waals surface area contributed by atoms with Crippen LogP contribution in [0.2, 0.25) is 0 Å². The second kappa shape index (κ2) is 7.41. The van der Waals surface area contributed by atoms with E-state index in [4.69, 9.17) is 14.2 Å². The monoisotopic (exact) mass is 368 g/mol. The fourth-order valence-electron chi connectivity index (χ4n) is 3.13. The van der Waals surface area contributed by atoms with Gasteiger partial charge in [-0.1, -0.05) is 12.1 Å². The summed E-state index contributed by atoms with van der Waals surface area (Å²) in [4.78, 5) is 4.28. The summed E-state index contributed by atoms with van der Waals surface area (Å²) in [6, 6.07) is 8.69. The Morgan fingerprint density at radius 3 is 2.73 bits per heavy atom. The van der Waals surface area contributed by atoms with Gasteiger partial charge in [0.05, 0.1) is 13.2 Å². The zero-order valence-electron chi connectivity index (χ0n) is 14.3. The van der Waals surface area contributed by atoms with Gasteiger partial charge in [-0.15, -0.1) is 0 Å². The van der Waals surface area contributed by atoms with Gasteiger partial charge in [0, 0.05) is 31.3 Å². The van der Waals surface area contributed by atoms with Gasteiger partial charge >= 0.3 is 6.18 Å². The Hall–Kier alpha value is -2.48. The summed E-state index contributed by atoms with van der Waals surface area (Å²) in [6.45, 7) is -0.766. The van der Waals surface area contributed by atoms with Crippen molar-refractivity contribution in [2.24, 2.45) is 0 Å². The summed E-state index contributed by atoms with van der Waals surface area (Å²) in [5, 5.41) is 3.22. The number of pyridine rings is 1. The van der Waals surface area contributed by atoms with E-state index in [1.54, 1.807) is 25.4 Å². The summed E-state index contributed by atoms with van der Waals surface area (Å²) >= 11 is 0. The molecule has 8 heteroatoms. The molecule has 26 heavy (non-hydrogen) atoms. The number of benzene rings is 1. The van der Waals surface area contributed by atoms with E-state index in [-0.39, 0.29) is 23.5 Å². The number of nitrogens with zero attached hydrogens (tertiary/aromatic N) is 1. The van der Waals surface area contributed by atoms with Gasteiger partial charge < -0.3 is 19.5 Å². The van der Waals surface area contributed by atoms with E-state index >= 15 is 0 Å². The summed E-state index contributed by atoms with van der Waals surface area (Å²) < 4.78 is 53.2. The molecule has 1 aliphatic heterocycles. The molecule has 0 saturated heterocycles. The molecule has 0 radical (unpaired) electrons. The highest BCUT2D eigenvalue weighted by Gasteiger charge is 2.33. The van der Waals surface area contributed by atoms with Crippen LogP contribution in [0.1, 0.15) is 23.1 Å². The Morgan fingerprint density at radius 1 is 1.23 bits per heavy atom. The highest BCUT2D eigenvalue weighted by atomic mass is 19.4. The predicted molar refractivity (Wildman–Crippen MR) is 89.8 cm³/mol. The smallest absolute Gasteiger partial charge is 0.422 e. The largest absolute Gasteiger partial charge is 0.493 e. The normalized spacial score (nSPS) is 17.3. The molecule has 0 amide bonds. The Bertz CT molecular complexity index is 768. The van der Waals surface area contributed by atoms with Gasteiger partial charge in [-0.3, -0.25) is 0 Å². The maximum atomic E-state index is 12.5. The predicted octanol–water partition coefficient (Wildman–Crippen LogP) is 3.93. The number of ether oxygens (including phenoxy) is 3. The molecule has 3 rings (SSSR count). The van der Waals surface area contributed by atoms with E-state index in [2.05, 4.69) is 10.3 Å². The van der Waals surface area contributed by atoms with Gasteiger partial charge in [-0.25, -0.2) is 4.98 Å². The fraction of sp³-hybridized carbons (Fsp3) is 0.389. The van der Waals surface area contributed by atoms with Crippen LogP contribution in [-0.2, 0) is 4.74 Å². The molecule has 5 nitrogen and oxygen atoms in total. The molecule has 0 fully saturated rings. The second-order valence-electron chi connectivity index (χ2n) is 5.90. The van der Waals surface area contributed by atoms with Crippen LogP contribution < -0.4 is 14.8 Å². The van der Waals surface area contributed by atoms with Crippen LogP contribution in [0.15, 0.2) is 36.5 Å². The highest BCUT2D eigenvalue weighted by molar-refractivity contribution is 5.53. The van der Waals surface area contributed by atoms with Crippen molar-refractivity contribution in [1.82, 2.24) is 4.98 Å². The topological polar surface area (TPSA) is 52.6 Å². The molecule has 0 spiro atoms. The number of anilines is 1. The van der Waals surface area contributed by atoms with Crippen LogP contribution >= 0.6 is 0 Å². The van der Waals surface area contributed by atoms with Crippen LogP contribution in [0.3, 0.4) is 0 Å². The van der Waals surface area contributed by atoms with Crippen molar-refractivity contribution in [1.29, 1.82) is 0 Å². The van der Waals surface area contributed by atoms with Gasteiger partial charge in [0.1, 0.15) is 5.82 Å². The Balaban J connectivity index is 1.89. The average molecular weight is 368 g/mol. The van der Waals surface area contributed by atoms with Crippen LogP contribution in [0.25, 0.3) is 0 Å². The van der Waals surface area contributed by atoms with Gasteiger partial charge in [0.2, 0.25) is 0 Å². The first-order valence-corrected chi connectivity index (χ1v) is 8.02. The average Bonchev–Trinajstić information content (AvgIpc) is 3.04. The lowest BCUT2D eigenvalue weighted by atomic mass is 9.91. The number of fused-ring (bicyclic) bond motifs is 1. The molecule has 2 aromatic rings. The quantitative estimate of drug-likeness (QED) is 0.837. The minimum Gasteiger partial charge on any atom is -0.493 e. The number of halogens is 3. The van der Waals surface area contributed by atoms with E-state index in [1.807, 2.05) is 12.1 Å². The summed E-state index contributed by atoms with van der Waals surface area (Å²) in [5.41, 5.74) is 1.71. The summed E-state index contributed by atoms with van der Waals surface area (Å²) in [7, 11) is 2.95. The molecule has 0 aliphatic carbocycles. The standard InChI is InChI=1S/C18H19F3N2O3/c1-24-14-6-5-11(8-15(14)26-10-18(19,20)21)16(25-2)13-9-23-17-12(13)4-3-7-22-17/h3-8,13,16H,9-10H2,1-2H3,(H,22,23). The molecule has 0 bridgehead atoms. The molecule has 140 valence electrons. The molecule has 1 aromatic carbocycles. The third kappa shape index (κ3) is 3.85. The van der Waals surface area contributed by atoms with Crippen molar-refractivity contribution >= 4 is 5.82 Å². The number of aromatic nitrogens is 1. The first-order chi connectivity index (χ1) is 12.4. The van der Waals surface area contributed by atoms with Crippen molar-refractivity contribution in [2.45, 2.75) is 18.2 Å². The zero-order valence-corrected chi connectivity index (χ0v) is 14.3. The van der Waals surface area contributed by atoms with Crippen molar-refractivity contribution in [3.8, 4) is 11.5 Å². The van der Waals surface area contributed by atoms with Gasteiger partial charge in [0.25, 0.3) is 0 Å². The molecular formula is C18H19F3N2O3. The lowest BCUT2D eigenvalue weighted by molar-refractivity contribution is -0.153. The number of rotatable bonds is 6. The van der Waals surface area contributed by atoms with E-state index in [1.165, 1.54) is 13.2 Å². The van der Waals surface area contributed by atoms with Crippen molar-refractivity contribution in [2.75, 3.05) is 32.7 Å². The van der Waals surface area contributed by atoms with Crippen LogP contribution in [0, 0.1) is 0 Å². The van der Waals surface area contributed by atoms with Crippen LogP contribution in [0.5, 0.6) is 11.5 Å². The number of hydrogen-bond donors (Lipinski definition) is 1. The van der Waals surface area contributed by atoms with E-state index in [9.17, 15) is 13.2 Å². The molecule has 0 saturated carbocycles. The maximum absolute atomic E-state index is 12.5. The van der Waals surface area contributed by atoms with Crippen LogP contribution in [-0.4, -0.2) is 38.5 Å². The van der Waals surface area contributed by atoms with Gasteiger partial charge in [-0.2, -0.15) is 13.2 Å². The third-order valence-corrected chi connectivity index (χ3v) is 4.25. The lowest BCUT2D eigenvalue weighted by Gasteiger charge is -2.24. The van der Waals surface area contributed by atoms with Crippen LogP contribution in [0.4, 0.5) is 19.0 Å². The van der Waals surface area contributed by atoms with Gasteiger partial charge in [-0.05, 0) is 23.8 Å². The SMILES string of the molecule is COc1ccc(C(OC)C2CNc3ncccc32)cc1OCC(F)(F)F. The molecule has 2 atom stereocenters. The van der Waals surface area contributed by atoms with E-state index in [0.29, 0.717) is 12.1 Å². The number of methoxy groups -OCH3 is 2. The molecule has 1 aromatic heterocycles. The van der Waals surface area contributed by atoms with E-state index in [0.717, 1.165) is 11.4 Å². The number of hydrogen-bond acceptors (Lipinski definition) is 5. The minimum absolute atomic E-state index is 0.0208. The molecular weight excluding hydrogens is 349 g/mol. The van der Waals surface area contributed by atoms with Crippen molar-refractivity contribution in [3.05, 3.63) is 47.7 Å². The molecule has 2 unspecified atom stereocenters. The Labute approximate surface area is 149 Å². The molecule has 1 aliphatic rings. The fourth-order valence-corrected chi connectivity index (χ4v) is 3.13. The third-order valence-electron chi connectivity index (χ3n) is 4.25. The summed E-state index contributed by atoms with van der Waals surface area (Å²) in [6.07, 6.45) is -3.10. The second-order valence-corrected chi connectivity index (χ2v) is 5.90. The minimum atomic E-state index is -4.43.